The fraction of sp³-hybridized carbons (Fsp3) is 0.212. The van der Waals surface area contributed by atoms with E-state index in [4.69, 9.17) is 14.1 Å². The van der Waals surface area contributed by atoms with Gasteiger partial charge < -0.3 is 13.7 Å². The first-order valence-electron chi connectivity index (χ1n) is 13.9. The molecule has 0 fully saturated rings. The van der Waals surface area contributed by atoms with Gasteiger partial charge >= 0.3 is 0 Å². The molecule has 4 aromatic heterocycles. The number of furan rings is 1. The minimum atomic E-state index is -0.300. The summed E-state index contributed by atoms with van der Waals surface area (Å²) in [6.07, 6.45) is 5.94. The predicted octanol–water partition coefficient (Wildman–Crippen LogP) is 6.92. The van der Waals surface area contributed by atoms with Gasteiger partial charge in [0.1, 0.15) is 22.4 Å². The maximum Gasteiger partial charge on any atom is 0.282 e. The fourth-order valence-corrected chi connectivity index (χ4v) is 7.34. The molecule has 6 aromatic rings. The fourth-order valence-electron chi connectivity index (χ4n) is 5.89. The highest BCUT2D eigenvalue weighted by molar-refractivity contribution is 7.15. The number of hydrogen-bond donors (Lipinski definition) is 0. The monoisotopic (exact) mass is 573 g/mol. The molecule has 7 rings (SSSR count). The molecule has 0 spiro atoms. The van der Waals surface area contributed by atoms with Crippen LogP contribution in [-0.4, -0.2) is 27.6 Å². The average molecular weight is 574 g/mol. The highest BCUT2D eigenvalue weighted by atomic mass is 32.1. The van der Waals surface area contributed by atoms with Crippen LogP contribution in [0, 0.1) is 25.2 Å². The van der Waals surface area contributed by atoms with Crippen molar-refractivity contribution in [2.75, 3.05) is 7.11 Å². The molecule has 0 radical (unpaired) electrons. The van der Waals surface area contributed by atoms with Gasteiger partial charge in [-0.15, -0.1) is 11.3 Å². The molecule has 0 aliphatic heterocycles. The summed E-state index contributed by atoms with van der Waals surface area (Å²) < 4.78 is 15.1. The lowest BCUT2D eigenvalue weighted by molar-refractivity contribution is 0.419. The van der Waals surface area contributed by atoms with Gasteiger partial charge in [-0.2, -0.15) is 15.0 Å². The average Bonchev–Trinajstić information content (AvgIpc) is 3.68. The van der Waals surface area contributed by atoms with Crippen LogP contribution in [-0.2, 0) is 12.8 Å². The van der Waals surface area contributed by atoms with E-state index < -0.39 is 0 Å². The van der Waals surface area contributed by atoms with E-state index in [-0.39, 0.29) is 5.56 Å². The maximum absolute atomic E-state index is 13.8. The Balaban J connectivity index is 1.38. The van der Waals surface area contributed by atoms with Crippen LogP contribution in [0.25, 0.3) is 38.5 Å². The van der Waals surface area contributed by atoms with Crippen LogP contribution < -0.4 is 10.3 Å². The van der Waals surface area contributed by atoms with Crippen molar-refractivity contribution < 1.29 is 9.15 Å². The first-order valence-corrected chi connectivity index (χ1v) is 14.7. The minimum Gasteiger partial charge on any atom is -0.496 e. The molecule has 0 N–H and O–H groups in total. The number of hydrogen-bond acceptors (Lipinski definition) is 7. The zero-order chi connectivity index (χ0) is 29.0. The number of nitrogens with zero attached hydrogens (tertiary/aromatic N) is 5. The number of fused-ring (bicyclic) bond motifs is 3. The Morgan fingerprint density at radius 3 is 2.76 bits per heavy atom. The zero-order valence-electron chi connectivity index (χ0n) is 23.5. The quantitative estimate of drug-likeness (QED) is 0.209. The Kier molecular flexibility index (Phi) is 6.29. The van der Waals surface area contributed by atoms with E-state index in [9.17, 15) is 10.1 Å². The number of para-hydroxylation sites is 1. The van der Waals surface area contributed by atoms with Crippen molar-refractivity contribution in [2.45, 2.75) is 39.5 Å². The third-order valence-corrected chi connectivity index (χ3v) is 9.24. The zero-order valence-corrected chi connectivity index (χ0v) is 24.3. The summed E-state index contributed by atoms with van der Waals surface area (Å²) in [7, 11) is 1.61. The molecule has 0 unspecified atom stereocenters. The summed E-state index contributed by atoms with van der Waals surface area (Å²) in [5, 5.41) is 16.9. The Bertz CT molecular complexity index is 2150. The highest BCUT2D eigenvalue weighted by Crippen LogP contribution is 2.38. The molecule has 0 saturated heterocycles. The second-order valence-electron chi connectivity index (χ2n) is 10.5. The van der Waals surface area contributed by atoms with Gasteiger partial charge in [0, 0.05) is 21.8 Å². The number of ether oxygens (including phenoxy) is 1. The lowest BCUT2D eigenvalue weighted by Gasteiger charge is -2.10. The second-order valence-corrected chi connectivity index (χ2v) is 11.5. The smallest absolute Gasteiger partial charge is 0.282 e. The summed E-state index contributed by atoms with van der Waals surface area (Å²) in [5.74, 6) is 1.36. The Morgan fingerprint density at radius 2 is 1.93 bits per heavy atom. The van der Waals surface area contributed by atoms with E-state index >= 15 is 0 Å². The molecule has 0 amide bonds. The van der Waals surface area contributed by atoms with Crippen molar-refractivity contribution in [1.29, 1.82) is 5.26 Å². The summed E-state index contributed by atoms with van der Waals surface area (Å²) in [6.45, 7) is 4.04. The van der Waals surface area contributed by atoms with Crippen molar-refractivity contribution >= 4 is 39.4 Å². The van der Waals surface area contributed by atoms with Crippen molar-refractivity contribution in [1.82, 2.24) is 14.2 Å². The summed E-state index contributed by atoms with van der Waals surface area (Å²) in [6, 6.07) is 19.1. The van der Waals surface area contributed by atoms with Crippen molar-refractivity contribution in [2.24, 2.45) is 5.10 Å². The van der Waals surface area contributed by atoms with Gasteiger partial charge in [0.2, 0.25) is 5.82 Å². The summed E-state index contributed by atoms with van der Waals surface area (Å²) in [4.78, 5) is 19.9. The third-order valence-electron chi connectivity index (χ3n) is 7.97. The van der Waals surface area contributed by atoms with Crippen LogP contribution in [0.4, 0.5) is 0 Å². The van der Waals surface area contributed by atoms with Crippen LogP contribution in [0.1, 0.15) is 45.8 Å². The van der Waals surface area contributed by atoms with Crippen molar-refractivity contribution in [3.05, 3.63) is 97.9 Å². The van der Waals surface area contributed by atoms with Gasteiger partial charge in [0.15, 0.2) is 5.76 Å². The largest absolute Gasteiger partial charge is 0.496 e. The van der Waals surface area contributed by atoms with E-state index in [0.29, 0.717) is 33.8 Å². The summed E-state index contributed by atoms with van der Waals surface area (Å²) >= 11 is 1.71. The number of aromatic nitrogens is 3. The normalized spacial score (nSPS) is 13.2. The van der Waals surface area contributed by atoms with Gasteiger partial charge in [0.05, 0.1) is 35.2 Å². The molecule has 4 heterocycles. The molecule has 1 aliphatic rings. The molecule has 1 aliphatic carbocycles. The number of methoxy groups -OCH3 is 1. The molecule has 0 saturated carbocycles. The SMILES string of the molecule is COc1cccc2oc(-c3nc4ccccc4c(=O)n3N=Cc3cc(C)n(-c4sc5c(c4C#N)CCCC5)c3C)cc12. The maximum atomic E-state index is 13.8. The van der Waals surface area contributed by atoms with E-state index in [2.05, 4.69) is 15.7 Å². The van der Waals surface area contributed by atoms with E-state index in [1.165, 1.54) is 15.1 Å². The molecule has 208 valence electrons. The molecule has 0 atom stereocenters. The van der Waals surface area contributed by atoms with Crippen LogP contribution in [0.15, 0.2) is 68.9 Å². The lowest BCUT2D eigenvalue weighted by atomic mass is 9.96. The van der Waals surface area contributed by atoms with Gasteiger partial charge in [0.25, 0.3) is 5.56 Å². The van der Waals surface area contributed by atoms with E-state index in [0.717, 1.165) is 58.6 Å². The molecule has 0 bridgehead atoms. The standard InChI is InChI=1S/C33H27N5O3S/c1-19-15-21(20(2)37(19)33-25(17-34)22-9-5-7-14-30(22)42-33)18-35-38-31(36-26-11-6-4-10-23(26)32(38)39)29-16-24-27(40-3)12-8-13-28(24)41-29/h4,6,8,10-13,15-16,18H,5,7,9,14H2,1-3H3. The topological polar surface area (TPSA) is 98.3 Å². The van der Waals surface area contributed by atoms with Crippen LogP contribution >= 0.6 is 11.3 Å². The Labute approximate surface area is 245 Å². The van der Waals surface area contributed by atoms with Crippen molar-refractivity contribution in [3.8, 4) is 28.4 Å². The van der Waals surface area contributed by atoms with Gasteiger partial charge in [-0.05, 0) is 81.5 Å². The summed E-state index contributed by atoms with van der Waals surface area (Å²) in [5.41, 5.74) is 5.65. The molecular formula is C33H27N5O3S. The molecule has 8 nitrogen and oxygen atoms in total. The predicted molar refractivity (Wildman–Crippen MR) is 165 cm³/mol. The Morgan fingerprint density at radius 1 is 1.10 bits per heavy atom. The first kappa shape index (κ1) is 26.0. The van der Waals surface area contributed by atoms with Crippen LogP contribution in [0.2, 0.25) is 0 Å². The molecule has 2 aromatic carbocycles. The number of benzene rings is 2. The van der Waals surface area contributed by atoms with Gasteiger partial charge in [-0.3, -0.25) is 4.79 Å². The van der Waals surface area contributed by atoms with Crippen LogP contribution in [0.3, 0.4) is 0 Å². The second kappa shape index (κ2) is 10.2. The number of aryl methyl sites for hydroxylation is 2. The number of nitriles is 1. The highest BCUT2D eigenvalue weighted by Gasteiger charge is 2.24. The molecule has 9 heteroatoms. The molecular weight excluding hydrogens is 546 g/mol. The van der Waals surface area contributed by atoms with E-state index in [1.54, 1.807) is 36.8 Å². The first-order chi connectivity index (χ1) is 20.5. The van der Waals surface area contributed by atoms with Gasteiger partial charge in [-0.1, -0.05) is 18.2 Å². The van der Waals surface area contributed by atoms with E-state index in [1.807, 2.05) is 56.3 Å². The Hall–Kier alpha value is -4.94. The van der Waals surface area contributed by atoms with Gasteiger partial charge in [-0.25, -0.2) is 4.98 Å². The number of thiophene rings is 1. The molecule has 42 heavy (non-hydrogen) atoms. The third kappa shape index (κ3) is 4.06. The van der Waals surface area contributed by atoms with Crippen LogP contribution in [0.5, 0.6) is 5.75 Å². The number of rotatable bonds is 5. The lowest BCUT2D eigenvalue weighted by Crippen LogP contribution is -2.20. The van der Waals surface area contributed by atoms with Crippen molar-refractivity contribution in [3.63, 3.8) is 0 Å². The minimum absolute atomic E-state index is 0.291.